The van der Waals surface area contributed by atoms with E-state index in [0.29, 0.717) is 18.8 Å². The number of carbonyl (C=O) groups is 2. The molecule has 3 rings (SSSR count). The Kier molecular flexibility index (Phi) is 8.82. The van der Waals surface area contributed by atoms with Gasteiger partial charge < -0.3 is 20.1 Å². The van der Waals surface area contributed by atoms with E-state index in [4.69, 9.17) is 0 Å². The molecule has 0 unspecified atom stereocenters. The fourth-order valence-electron chi connectivity index (χ4n) is 3.14. The molecule has 0 spiro atoms. The molecule has 0 radical (unpaired) electrons. The molecule has 32 heavy (non-hydrogen) atoms. The molecule has 176 valence electrons. The average molecular weight is 454 g/mol. The zero-order valence-corrected chi connectivity index (χ0v) is 19.1. The van der Waals surface area contributed by atoms with Crippen molar-refractivity contribution < 1.29 is 22.8 Å². The van der Waals surface area contributed by atoms with Crippen LogP contribution < -0.4 is 10.6 Å². The van der Waals surface area contributed by atoms with Gasteiger partial charge in [-0.1, -0.05) is 20.8 Å². The summed E-state index contributed by atoms with van der Waals surface area (Å²) in [6.07, 6.45) is 0.734. The number of aromatic nitrogens is 2. The topological polar surface area (TPSA) is 79.3 Å². The van der Waals surface area contributed by atoms with Gasteiger partial charge in [0.05, 0.1) is 12.2 Å². The quantitative estimate of drug-likeness (QED) is 0.698. The zero-order chi connectivity index (χ0) is 24.0. The lowest BCUT2D eigenvalue weighted by molar-refractivity contribution is -0.119. The summed E-state index contributed by atoms with van der Waals surface area (Å²) in [5.41, 5.74) is 0.667. The number of hydrogen-bond donors (Lipinski definition) is 2. The van der Waals surface area contributed by atoms with Crippen LogP contribution in [-0.4, -0.2) is 53.5 Å². The Morgan fingerprint density at radius 3 is 2.28 bits per heavy atom. The summed E-state index contributed by atoms with van der Waals surface area (Å²) in [5, 5.41) is 4.87. The number of amides is 2. The second-order valence-corrected chi connectivity index (χ2v) is 8.32. The maximum absolute atomic E-state index is 13.7. The van der Waals surface area contributed by atoms with Gasteiger partial charge in [-0.2, -0.15) is 0 Å². The highest BCUT2D eigenvalue weighted by atomic mass is 19.2. The molecule has 0 bridgehead atoms. The smallest absolute Gasteiger partial charge is 0.272 e. The zero-order valence-electron chi connectivity index (χ0n) is 19.1. The first kappa shape index (κ1) is 25.4. The highest BCUT2D eigenvalue weighted by molar-refractivity contribution is 5.96. The van der Waals surface area contributed by atoms with Gasteiger partial charge in [-0.05, 0) is 38.1 Å². The van der Waals surface area contributed by atoms with Crippen LogP contribution in [0.5, 0.6) is 0 Å². The molecular weight excluding hydrogens is 423 g/mol. The fourth-order valence-corrected chi connectivity index (χ4v) is 3.14. The van der Waals surface area contributed by atoms with E-state index in [2.05, 4.69) is 36.4 Å². The Bertz CT molecular complexity index is 949. The summed E-state index contributed by atoms with van der Waals surface area (Å²) in [7, 11) is 3.33. The second kappa shape index (κ2) is 11.1. The standard InChI is InChI=1S/C18H20F3N5O2.C4H10/c1-22-14(27)8-23-18(28)16-13-9-25(2)4-3-5-26(13)17(24-16)10-6-11(19)15(21)12(20)7-10;1-4(2)3/h6-7H,3-5,8-9H2,1-2H3,(H,22,27)(H,23,28);4H,1-3H3. The van der Waals surface area contributed by atoms with Gasteiger partial charge in [0, 0.05) is 25.7 Å². The van der Waals surface area contributed by atoms with E-state index in [9.17, 15) is 22.8 Å². The van der Waals surface area contributed by atoms with E-state index in [1.165, 1.54) is 7.05 Å². The molecular formula is C22H30F3N5O2. The minimum absolute atomic E-state index is 0.0348. The number of likely N-dealkylation sites (N-methyl/N-ethyl adjacent to an activating group) is 1. The fraction of sp³-hybridized carbons (Fsp3) is 0.500. The first-order valence-corrected chi connectivity index (χ1v) is 10.5. The minimum Gasteiger partial charge on any atom is -0.358 e. The predicted octanol–water partition coefficient (Wildman–Crippen LogP) is 2.94. The van der Waals surface area contributed by atoms with Gasteiger partial charge in [0.1, 0.15) is 5.82 Å². The lowest BCUT2D eigenvalue weighted by Crippen LogP contribution is -2.36. The van der Waals surface area contributed by atoms with E-state index in [-0.39, 0.29) is 29.5 Å². The van der Waals surface area contributed by atoms with Crippen LogP contribution in [0, 0.1) is 23.4 Å². The molecule has 2 amide bonds. The molecule has 2 N–H and O–H groups in total. The van der Waals surface area contributed by atoms with Crippen molar-refractivity contribution in [2.75, 3.05) is 27.2 Å². The van der Waals surface area contributed by atoms with Crippen molar-refractivity contribution in [2.45, 2.75) is 40.3 Å². The van der Waals surface area contributed by atoms with Crippen LogP contribution in [0.1, 0.15) is 43.4 Å². The number of halogens is 3. The van der Waals surface area contributed by atoms with Gasteiger partial charge in [0.15, 0.2) is 23.1 Å². The largest absolute Gasteiger partial charge is 0.358 e. The molecule has 0 saturated carbocycles. The minimum atomic E-state index is -1.56. The maximum atomic E-state index is 13.7. The third-order valence-electron chi connectivity index (χ3n) is 4.56. The van der Waals surface area contributed by atoms with Crippen LogP contribution in [0.15, 0.2) is 12.1 Å². The van der Waals surface area contributed by atoms with Gasteiger partial charge in [0.2, 0.25) is 5.91 Å². The first-order chi connectivity index (χ1) is 15.0. The first-order valence-electron chi connectivity index (χ1n) is 10.5. The third kappa shape index (κ3) is 6.32. The maximum Gasteiger partial charge on any atom is 0.272 e. The molecule has 0 atom stereocenters. The molecule has 0 aliphatic carbocycles. The van der Waals surface area contributed by atoms with E-state index in [1.807, 2.05) is 11.9 Å². The normalized spacial score (nSPS) is 13.7. The number of nitrogens with zero attached hydrogens (tertiary/aromatic N) is 3. The van der Waals surface area contributed by atoms with Crippen LogP contribution in [0.4, 0.5) is 13.2 Å². The second-order valence-electron chi connectivity index (χ2n) is 8.32. The molecule has 7 nitrogen and oxygen atoms in total. The van der Waals surface area contributed by atoms with Gasteiger partial charge in [0.25, 0.3) is 5.91 Å². The van der Waals surface area contributed by atoms with Crippen molar-refractivity contribution >= 4 is 11.8 Å². The Morgan fingerprint density at radius 1 is 1.12 bits per heavy atom. The number of carbonyl (C=O) groups excluding carboxylic acids is 2. The van der Waals surface area contributed by atoms with Crippen LogP contribution in [0.25, 0.3) is 11.4 Å². The molecule has 0 fully saturated rings. The summed E-state index contributed by atoms with van der Waals surface area (Å²) < 4.78 is 42.5. The summed E-state index contributed by atoms with van der Waals surface area (Å²) in [6.45, 7) is 7.90. The van der Waals surface area contributed by atoms with Crippen molar-refractivity contribution in [3.63, 3.8) is 0 Å². The van der Waals surface area contributed by atoms with Gasteiger partial charge in [-0.25, -0.2) is 18.2 Å². The number of hydrogen-bond acceptors (Lipinski definition) is 4. The Labute approximate surface area is 186 Å². The summed E-state index contributed by atoms with van der Waals surface area (Å²) in [5.74, 6) is -4.16. The van der Waals surface area contributed by atoms with Crippen molar-refractivity contribution in [3.05, 3.63) is 41.0 Å². The highest BCUT2D eigenvalue weighted by Crippen LogP contribution is 2.28. The van der Waals surface area contributed by atoms with Gasteiger partial charge in [-0.15, -0.1) is 0 Å². The lowest BCUT2D eigenvalue weighted by Gasteiger charge is -2.13. The Balaban J connectivity index is 0.000000837. The SMILES string of the molecule is CC(C)C.CNC(=O)CNC(=O)c1nc(-c2cc(F)c(F)c(F)c2)n2c1CN(C)CCC2. The highest BCUT2D eigenvalue weighted by Gasteiger charge is 2.27. The summed E-state index contributed by atoms with van der Waals surface area (Å²) in [6, 6.07) is 1.71. The van der Waals surface area contributed by atoms with Gasteiger partial charge in [-0.3, -0.25) is 9.59 Å². The average Bonchev–Trinajstić information content (AvgIpc) is 2.95. The number of nitrogens with one attached hydrogen (secondary N) is 2. The van der Waals surface area contributed by atoms with Crippen LogP contribution in [0.2, 0.25) is 0 Å². The van der Waals surface area contributed by atoms with E-state index in [0.717, 1.165) is 31.0 Å². The van der Waals surface area contributed by atoms with Crippen molar-refractivity contribution in [1.29, 1.82) is 0 Å². The monoisotopic (exact) mass is 453 g/mol. The van der Waals surface area contributed by atoms with Crippen LogP contribution >= 0.6 is 0 Å². The molecule has 2 aromatic rings. The lowest BCUT2D eigenvalue weighted by atomic mass is 10.2. The third-order valence-corrected chi connectivity index (χ3v) is 4.56. The molecule has 1 aromatic carbocycles. The number of fused-ring (bicyclic) bond motifs is 1. The number of rotatable bonds is 4. The molecule has 10 heteroatoms. The van der Waals surface area contributed by atoms with E-state index >= 15 is 0 Å². The van der Waals surface area contributed by atoms with Crippen molar-refractivity contribution in [3.8, 4) is 11.4 Å². The van der Waals surface area contributed by atoms with Gasteiger partial charge >= 0.3 is 0 Å². The number of imidazole rings is 1. The Morgan fingerprint density at radius 2 is 1.72 bits per heavy atom. The predicted molar refractivity (Wildman–Crippen MR) is 115 cm³/mol. The molecule has 1 aromatic heterocycles. The van der Waals surface area contributed by atoms with Crippen LogP contribution in [-0.2, 0) is 17.9 Å². The number of benzene rings is 1. The Hall–Kier alpha value is -2.88. The molecule has 1 aliphatic heterocycles. The van der Waals surface area contributed by atoms with E-state index in [1.54, 1.807) is 4.57 Å². The van der Waals surface area contributed by atoms with Crippen molar-refractivity contribution in [1.82, 2.24) is 25.1 Å². The summed E-state index contributed by atoms with van der Waals surface area (Å²) >= 11 is 0. The molecule has 0 saturated heterocycles. The van der Waals surface area contributed by atoms with Crippen LogP contribution in [0.3, 0.4) is 0 Å². The molecule has 2 heterocycles. The summed E-state index contributed by atoms with van der Waals surface area (Å²) in [4.78, 5) is 30.3. The van der Waals surface area contributed by atoms with E-state index < -0.39 is 23.4 Å². The molecule has 1 aliphatic rings. The van der Waals surface area contributed by atoms with Crippen molar-refractivity contribution in [2.24, 2.45) is 5.92 Å².